The lowest BCUT2D eigenvalue weighted by molar-refractivity contribution is -0.0173. The first-order valence-corrected chi connectivity index (χ1v) is 4.08. The Morgan fingerprint density at radius 2 is 1.64 bits per heavy atom. The molecule has 0 aliphatic carbocycles. The molecule has 0 fully saturated rings. The van der Waals surface area contributed by atoms with Crippen LogP contribution in [0.2, 0.25) is 0 Å². The first-order chi connectivity index (χ1) is 4.83. The Balaban J connectivity index is 4.08. The van der Waals surface area contributed by atoms with Gasteiger partial charge in [0.15, 0.2) is 0 Å². The molecule has 0 aromatic heterocycles. The maximum Gasteiger partial charge on any atom is 0.0777 e. The predicted molar refractivity (Wildman–Crippen MR) is 48.5 cm³/mol. The van der Waals surface area contributed by atoms with Gasteiger partial charge in [-0.25, -0.2) is 0 Å². The fourth-order valence-electron chi connectivity index (χ4n) is 1.35. The summed E-state index contributed by atoms with van der Waals surface area (Å²) in [5.74, 6) is 0. The molecule has 0 radical (unpaired) electrons. The first kappa shape index (κ1) is 10.9. The molecule has 0 heterocycles. The van der Waals surface area contributed by atoms with Crippen molar-refractivity contribution < 1.29 is 4.74 Å². The Labute approximate surface area is 70.1 Å². The van der Waals surface area contributed by atoms with Crippen molar-refractivity contribution >= 4 is 0 Å². The standard InChI is InChI=1S/C9H21NO/c1-8(2,3)6-9(4,7-10)11-5/h6-7,10H2,1-5H3. The summed E-state index contributed by atoms with van der Waals surface area (Å²) in [6.45, 7) is 9.22. The molecule has 1 atom stereocenters. The summed E-state index contributed by atoms with van der Waals surface area (Å²) in [7, 11) is 1.72. The quantitative estimate of drug-likeness (QED) is 0.681. The molecular formula is C9H21NO. The van der Waals surface area contributed by atoms with Crippen molar-refractivity contribution in [1.29, 1.82) is 0 Å². The Morgan fingerprint density at radius 3 is 1.73 bits per heavy atom. The maximum absolute atomic E-state index is 5.60. The van der Waals surface area contributed by atoms with Gasteiger partial charge in [0.25, 0.3) is 0 Å². The van der Waals surface area contributed by atoms with Crippen LogP contribution in [0, 0.1) is 5.41 Å². The zero-order valence-electron chi connectivity index (χ0n) is 8.40. The van der Waals surface area contributed by atoms with Crippen LogP contribution < -0.4 is 5.73 Å². The largest absolute Gasteiger partial charge is 0.377 e. The number of hydrogen-bond acceptors (Lipinski definition) is 2. The highest BCUT2D eigenvalue weighted by Gasteiger charge is 2.28. The third kappa shape index (κ3) is 4.38. The summed E-state index contributed by atoms with van der Waals surface area (Å²) in [6, 6.07) is 0. The van der Waals surface area contributed by atoms with E-state index >= 15 is 0 Å². The van der Waals surface area contributed by atoms with E-state index in [1.807, 2.05) is 0 Å². The normalized spacial score (nSPS) is 18.0. The third-order valence-corrected chi connectivity index (χ3v) is 1.83. The Hall–Kier alpha value is -0.0800. The SMILES string of the molecule is COC(C)(CN)CC(C)(C)C. The summed E-state index contributed by atoms with van der Waals surface area (Å²) in [5, 5.41) is 0. The number of methoxy groups -OCH3 is 1. The van der Waals surface area contributed by atoms with Gasteiger partial charge in [-0.2, -0.15) is 0 Å². The lowest BCUT2D eigenvalue weighted by atomic mass is 9.83. The van der Waals surface area contributed by atoms with Gasteiger partial charge in [-0.15, -0.1) is 0 Å². The van der Waals surface area contributed by atoms with Crippen LogP contribution in [0.15, 0.2) is 0 Å². The summed E-state index contributed by atoms with van der Waals surface area (Å²) in [4.78, 5) is 0. The van der Waals surface area contributed by atoms with Crippen LogP contribution in [0.4, 0.5) is 0 Å². The van der Waals surface area contributed by atoms with Crippen molar-refractivity contribution in [1.82, 2.24) is 0 Å². The number of rotatable bonds is 3. The zero-order valence-corrected chi connectivity index (χ0v) is 8.40. The van der Waals surface area contributed by atoms with Crippen LogP contribution in [0.1, 0.15) is 34.1 Å². The highest BCUT2D eigenvalue weighted by Crippen LogP contribution is 2.28. The molecule has 2 nitrogen and oxygen atoms in total. The molecule has 2 N–H and O–H groups in total. The van der Waals surface area contributed by atoms with Crippen molar-refractivity contribution in [3.05, 3.63) is 0 Å². The second-order valence-electron chi connectivity index (χ2n) is 4.60. The number of ether oxygens (including phenoxy) is 1. The van der Waals surface area contributed by atoms with Gasteiger partial charge >= 0.3 is 0 Å². The van der Waals surface area contributed by atoms with Gasteiger partial charge in [0.05, 0.1) is 5.60 Å². The van der Waals surface area contributed by atoms with E-state index in [-0.39, 0.29) is 11.0 Å². The summed E-state index contributed by atoms with van der Waals surface area (Å²) in [6.07, 6.45) is 0.993. The maximum atomic E-state index is 5.60. The molecule has 1 unspecified atom stereocenters. The van der Waals surface area contributed by atoms with Crippen LogP contribution in [-0.2, 0) is 4.74 Å². The van der Waals surface area contributed by atoms with Gasteiger partial charge in [0.2, 0.25) is 0 Å². The molecule has 0 aromatic rings. The number of hydrogen-bond donors (Lipinski definition) is 1. The van der Waals surface area contributed by atoms with Crippen LogP contribution >= 0.6 is 0 Å². The molecule has 0 aliphatic rings. The minimum atomic E-state index is -0.155. The van der Waals surface area contributed by atoms with Crippen LogP contribution in [0.5, 0.6) is 0 Å². The number of nitrogens with two attached hydrogens (primary N) is 1. The van der Waals surface area contributed by atoms with E-state index in [1.165, 1.54) is 0 Å². The fraction of sp³-hybridized carbons (Fsp3) is 1.00. The van der Waals surface area contributed by atoms with Crippen LogP contribution in [-0.4, -0.2) is 19.3 Å². The van der Waals surface area contributed by atoms with E-state index in [0.29, 0.717) is 6.54 Å². The summed E-state index contributed by atoms with van der Waals surface area (Å²) >= 11 is 0. The van der Waals surface area contributed by atoms with Crippen LogP contribution in [0.3, 0.4) is 0 Å². The van der Waals surface area contributed by atoms with Crippen molar-refractivity contribution in [3.8, 4) is 0 Å². The molecule has 0 aromatic carbocycles. The van der Waals surface area contributed by atoms with E-state index < -0.39 is 0 Å². The van der Waals surface area contributed by atoms with Gasteiger partial charge in [0.1, 0.15) is 0 Å². The van der Waals surface area contributed by atoms with E-state index in [4.69, 9.17) is 10.5 Å². The smallest absolute Gasteiger partial charge is 0.0777 e. The average Bonchev–Trinajstić information content (AvgIpc) is 1.84. The van der Waals surface area contributed by atoms with Crippen molar-refractivity contribution in [2.75, 3.05) is 13.7 Å². The summed E-state index contributed by atoms with van der Waals surface area (Å²) in [5.41, 5.74) is 5.73. The Bertz CT molecular complexity index is 111. The van der Waals surface area contributed by atoms with Crippen molar-refractivity contribution in [2.45, 2.75) is 39.7 Å². The molecule has 0 spiro atoms. The molecular weight excluding hydrogens is 138 g/mol. The predicted octanol–water partition coefficient (Wildman–Crippen LogP) is 1.79. The van der Waals surface area contributed by atoms with Gasteiger partial charge in [0, 0.05) is 13.7 Å². The molecule has 0 saturated heterocycles. The molecule has 0 bridgehead atoms. The van der Waals surface area contributed by atoms with Gasteiger partial charge in [-0.05, 0) is 18.8 Å². The Kier molecular flexibility index (Phi) is 3.52. The second-order valence-corrected chi connectivity index (χ2v) is 4.60. The fourth-order valence-corrected chi connectivity index (χ4v) is 1.35. The molecule has 0 amide bonds. The van der Waals surface area contributed by atoms with Crippen molar-refractivity contribution in [3.63, 3.8) is 0 Å². The van der Waals surface area contributed by atoms with Gasteiger partial charge < -0.3 is 10.5 Å². The van der Waals surface area contributed by atoms with E-state index in [1.54, 1.807) is 7.11 Å². The molecule has 11 heavy (non-hydrogen) atoms. The second kappa shape index (κ2) is 3.55. The highest BCUT2D eigenvalue weighted by molar-refractivity contribution is 4.81. The van der Waals surface area contributed by atoms with E-state index in [0.717, 1.165) is 6.42 Å². The van der Waals surface area contributed by atoms with Gasteiger partial charge in [-0.3, -0.25) is 0 Å². The lowest BCUT2D eigenvalue weighted by Crippen LogP contribution is -2.40. The van der Waals surface area contributed by atoms with Crippen molar-refractivity contribution in [2.24, 2.45) is 11.1 Å². The Morgan fingerprint density at radius 1 is 1.18 bits per heavy atom. The minimum absolute atomic E-state index is 0.155. The third-order valence-electron chi connectivity index (χ3n) is 1.83. The minimum Gasteiger partial charge on any atom is -0.377 e. The average molecular weight is 159 g/mol. The van der Waals surface area contributed by atoms with Crippen LogP contribution in [0.25, 0.3) is 0 Å². The van der Waals surface area contributed by atoms with Gasteiger partial charge in [-0.1, -0.05) is 20.8 Å². The molecule has 68 valence electrons. The lowest BCUT2D eigenvalue weighted by Gasteiger charge is -2.33. The van der Waals surface area contributed by atoms with E-state index in [9.17, 15) is 0 Å². The topological polar surface area (TPSA) is 35.2 Å². The molecule has 2 heteroatoms. The molecule has 0 aliphatic heterocycles. The first-order valence-electron chi connectivity index (χ1n) is 4.08. The molecule has 0 saturated carbocycles. The monoisotopic (exact) mass is 159 g/mol. The van der Waals surface area contributed by atoms with E-state index in [2.05, 4.69) is 27.7 Å². The molecule has 0 rings (SSSR count). The summed E-state index contributed by atoms with van der Waals surface area (Å²) < 4.78 is 5.34. The zero-order chi connectivity index (χ0) is 9.12. The highest BCUT2D eigenvalue weighted by atomic mass is 16.5.